The average Bonchev–Trinajstić information content (AvgIpc) is 2.39. The smallest absolute Gasteiger partial charge is 0.307 e. The van der Waals surface area contributed by atoms with Gasteiger partial charge in [-0.2, -0.15) is 0 Å². The van der Waals surface area contributed by atoms with Gasteiger partial charge in [0, 0.05) is 5.56 Å². The number of para-hydroxylation sites is 1. The number of aliphatic carboxylic acids is 1. The zero-order valence-corrected chi connectivity index (χ0v) is 10.8. The van der Waals surface area contributed by atoms with Crippen molar-refractivity contribution in [1.29, 1.82) is 0 Å². The van der Waals surface area contributed by atoms with Gasteiger partial charge >= 0.3 is 5.97 Å². The Labute approximate surface area is 112 Å². The minimum atomic E-state index is -0.855. The van der Waals surface area contributed by atoms with Crippen LogP contribution in [0.1, 0.15) is 16.7 Å². The average molecular weight is 256 g/mol. The molecule has 0 atom stereocenters. The summed E-state index contributed by atoms with van der Waals surface area (Å²) in [6.45, 7) is 2.48. The Hall–Kier alpha value is -2.29. The highest BCUT2D eigenvalue weighted by Crippen LogP contribution is 2.20. The van der Waals surface area contributed by atoms with Gasteiger partial charge in [-0.1, -0.05) is 42.5 Å². The number of aryl methyl sites for hydroxylation is 1. The first-order valence-electron chi connectivity index (χ1n) is 6.14. The molecule has 3 nitrogen and oxygen atoms in total. The van der Waals surface area contributed by atoms with Crippen molar-refractivity contribution in [3.63, 3.8) is 0 Å². The van der Waals surface area contributed by atoms with Crippen molar-refractivity contribution in [2.24, 2.45) is 0 Å². The van der Waals surface area contributed by atoms with Gasteiger partial charge in [0.15, 0.2) is 0 Å². The molecule has 0 aliphatic heterocycles. The van der Waals surface area contributed by atoms with Crippen molar-refractivity contribution < 1.29 is 14.6 Å². The predicted molar refractivity (Wildman–Crippen MR) is 73.3 cm³/mol. The first-order valence-corrected chi connectivity index (χ1v) is 6.14. The van der Waals surface area contributed by atoms with Gasteiger partial charge in [0.25, 0.3) is 0 Å². The number of carbonyl (C=O) groups is 1. The maximum absolute atomic E-state index is 10.8. The third kappa shape index (κ3) is 3.58. The molecule has 0 heterocycles. The minimum Gasteiger partial charge on any atom is -0.489 e. The molecular formula is C16H16O3. The summed E-state index contributed by atoms with van der Waals surface area (Å²) in [4.78, 5) is 10.8. The SMILES string of the molecule is Cc1ccccc1COc1ccccc1CC(=O)O. The van der Waals surface area contributed by atoms with Gasteiger partial charge < -0.3 is 9.84 Å². The van der Waals surface area contributed by atoms with Crippen LogP contribution in [-0.2, 0) is 17.8 Å². The molecule has 98 valence electrons. The topological polar surface area (TPSA) is 46.5 Å². The van der Waals surface area contributed by atoms with E-state index in [-0.39, 0.29) is 6.42 Å². The van der Waals surface area contributed by atoms with E-state index in [2.05, 4.69) is 0 Å². The van der Waals surface area contributed by atoms with E-state index in [1.807, 2.05) is 43.3 Å². The quantitative estimate of drug-likeness (QED) is 0.893. The van der Waals surface area contributed by atoms with Crippen LogP contribution in [0.3, 0.4) is 0 Å². The Morgan fingerprint density at radius 2 is 1.68 bits per heavy atom. The van der Waals surface area contributed by atoms with Crippen LogP contribution in [0.15, 0.2) is 48.5 Å². The van der Waals surface area contributed by atoms with Gasteiger partial charge in [-0.25, -0.2) is 0 Å². The number of benzene rings is 2. The summed E-state index contributed by atoms with van der Waals surface area (Å²) in [6, 6.07) is 15.2. The van der Waals surface area contributed by atoms with E-state index in [4.69, 9.17) is 9.84 Å². The second-order valence-electron chi connectivity index (χ2n) is 4.39. The van der Waals surface area contributed by atoms with Crippen LogP contribution in [-0.4, -0.2) is 11.1 Å². The molecule has 0 aliphatic rings. The Morgan fingerprint density at radius 3 is 2.37 bits per heavy atom. The van der Waals surface area contributed by atoms with Crippen LogP contribution in [0, 0.1) is 6.92 Å². The minimum absolute atomic E-state index is 0.0239. The van der Waals surface area contributed by atoms with E-state index >= 15 is 0 Å². The van der Waals surface area contributed by atoms with E-state index in [1.165, 1.54) is 5.56 Å². The molecule has 0 aliphatic carbocycles. The van der Waals surface area contributed by atoms with E-state index < -0.39 is 5.97 Å². The lowest BCUT2D eigenvalue weighted by atomic mass is 10.1. The van der Waals surface area contributed by atoms with Gasteiger partial charge in [0.05, 0.1) is 6.42 Å². The summed E-state index contributed by atoms with van der Waals surface area (Å²) >= 11 is 0. The fourth-order valence-corrected chi connectivity index (χ4v) is 1.88. The van der Waals surface area contributed by atoms with E-state index in [0.717, 1.165) is 5.56 Å². The van der Waals surface area contributed by atoms with E-state index in [1.54, 1.807) is 12.1 Å². The fourth-order valence-electron chi connectivity index (χ4n) is 1.88. The van der Waals surface area contributed by atoms with Crippen LogP contribution in [0.25, 0.3) is 0 Å². The summed E-state index contributed by atoms with van der Waals surface area (Å²) in [5.74, 6) is -0.222. The Bertz CT molecular complexity index is 576. The lowest BCUT2D eigenvalue weighted by molar-refractivity contribution is -0.136. The molecule has 0 amide bonds. The molecule has 0 saturated heterocycles. The van der Waals surface area contributed by atoms with Crippen LogP contribution in [0.2, 0.25) is 0 Å². The molecule has 1 N–H and O–H groups in total. The first-order chi connectivity index (χ1) is 9.16. The molecule has 3 heteroatoms. The molecule has 0 unspecified atom stereocenters. The summed E-state index contributed by atoms with van der Waals surface area (Å²) in [5.41, 5.74) is 2.97. The Morgan fingerprint density at radius 1 is 1.05 bits per heavy atom. The summed E-state index contributed by atoms with van der Waals surface area (Å²) in [5, 5.41) is 8.87. The first kappa shape index (κ1) is 13.1. The van der Waals surface area contributed by atoms with Crippen molar-refractivity contribution in [1.82, 2.24) is 0 Å². The molecule has 2 aromatic rings. The van der Waals surface area contributed by atoms with Crippen LogP contribution >= 0.6 is 0 Å². The summed E-state index contributed by atoms with van der Waals surface area (Å²) < 4.78 is 5.74. The van der Waals surface area contributed by atoms with Crippen molar-refractivity contribution in [3.8, 4) is 5.75 Å². The maximum atomic E-state index is 10.8. The molecule has 19 heavy (non-hydrogen) atoms. The molecule has 2 rings (SSSR count). The van der Waals surface area contributed by atoms with Crippen LogP contribution in [0.5, 0.6) is 5.75 Å². The zero-order chi connectivity index (χ0) is 13.7. The standard InChI is InChI=1S/C16H16O3/c1-12-6-2-3-8-14(12)11-19-15-9-5-4-7-13(15)10-16(17)18/h2-9H,10-11H2,1H3,(H,17,18). The van der Waals surface area contributed by atoms with E-state index in [0.29, 0.717) is 17.9 Å². The third-order valence-electron chi connectivity index (χ3n) is 2.96. The van der Waals surface area contributed by atoms with Crippen molar-refractivity contribution >= 4 is 5.97 Å². The molecule has 2 aromatic carbocycles. The van der Waals surface area contributed by atoms with Gasteiger partial charge in [-0.05, 0) is 24.1 Å². The molecule has 0 radical (unpaired) electrons. The lowest BCUT2D eigenvalue weighted by Crippen LogP contribution is -2.04. The van der Waals surface area contributed by atoms with Gasteiger partial charge in [0.1, 0.15) is 12.4 Å². The number of hydrogen-bond donors (Lipinski definition) is 1. The van der Waals surface area contributed by atoms with Gasteiger partial charge in [-0.3, -0.25) is 4.79 Å². The van der Waals surface area contributed by atoms with Gasteiger partial charge in [0.2, 0.25) is 0 Å². The second kappa shape index (κ2) is 6.05. The fraction of sp³-hybridized carbons (Fsp3) is 0.188. The number of hydrogen-bond acceptors (Lipinski definition) is 2. The third-order valence-corrected chi connectivity index (χ3v) is 2.96. The molecule has 0 saturated carbocycles. The zero-order valence-electron chi connectivity index (χ0n) is 10.8. The largest absolute Gasteiger partial charge is 0.489 e. The highest BCUT2D eigenvalue weighted by atomic mass is 16.5. The van der Waals surface area contributed by atoms with E-state index in [9.17, 15) is 4.79 Å². The van der Waals surface area contributed by atoms with Crippen molar-refractivity contribution in [2.45, 2.75) is 20.0 Å². The molecule has 0 fully saturated rings. The number of rotatable bonds is 5. The maximum Gasteiger partial charge on any atom is 0.307 e. The molecule has 0 spiro atoms. The molecule has 0 bridgehead atoms. The predicted octanol–water partition coefficient (Wildman–Crippen LogP) is 3.20. The van der Waals surface area contributed by atoms with Crippen molar-refractivity contribution in [3.05, 3.63) is 65.2 Å². The normalized spacial score (nSPS) is 10.2. The highest BCUT2D eigenvalue weighted by molar-refractivity contribution is 5.71. The molecular weight excluding hydrogens is 240 g/mol. The van der Waals surface area contributed by atoms with Gasteiger partial charge in [-0.15, -0.1) is 0 Å². The lowest BCUT2D eigenvalue weighted by Gasteiger charge is -2.11. The summed E-state index contributed by atoms with van der Waals surface area (Å²) in [7, 11) is 0. The Balaban J connectivity index is 2.11. The second-order valence-corrected chi connectivity index (χ2v) is 4.39. The van der Waals surface area contributed by atoms with Crippen LogP contribution < -0.4 is 4.74 Å². The highest BCUT2D eigenvalue weighted by Gasteiger charge is 2.07. The van der Waals surface area contributed by atoms with Crippen LogP contribution in [0.4, 0.5) is 0 Å². The van der Waals surface area contributed by atoms with Crippen molar-refractivity contribution in [2.75, 3.05) is 0 Å². The molecule has 0 aromatic heterocycles. The Kier molecular flexibility index (Phi) is 4.18. The number of carboxylic acids is 1. The number of ether oxygens (including phenoxy) is 1. The monoisotopic (exact) mass is 256 g/mol. The summed E-state index contributed by atoms with van der Waals surface area (Å²) in [6.07, 6.45) is -0.0239. The number of carboxylic acid groups (broad SMARTS) is 1.